The number of methoxy groups -OCH3 is 1. The van der Waals surface area contributed by atoms with Crippen LogP contribution in [0, 0.1) is 0 Å². The second-order valence-electron chi connectivity index (χ2n) is 7.08. The van der Waals surface area contributed by atoms with Crippen LogP contribution in [0.4, 0.5) is 4.79 Å². The van der Waals surface area contributed by atoms with E-state index in [9.17, 15) is 9.90 Å². The molecule has 6 heteroatoms. The van der Waals surface area contributed by atoms with Gasteiger partial charge >= 0.3 is 6.09 Å². The van der Waals surface area contributed by atoms with Crippen molar-refractivity contribution in [1.82, 2.24) is 5.32 Å². The number of halogens is 1. The first-order chi connectivity index (χ1) is 14.6. The number of benzene rings is 3. The molecule has 0 heterocycles. The van der Waals surface area contributed by atoms with Gasteiger partial charge in [0, 0.05) is 11.5 Å². The fraction of sp³-hybridized carbons (Fsp3) is 0.208. The summed E-state index contributed by atoms with van der Waals surface area (Å²) in [7, 11) is 1.50. The van der Waals surface area contributed by atoms with E-state index in [1.165, 1.54) is 18.2 Å². The van der Waals surface area contributed by atoms with E-state index in [0.717, 1.165) is 11.1 Å². The Balaban J connectivity index is 1.39. The molecule has 1 atom stereocenters. The number of alkyl carbamates (subject to hydrolysis) is 1. The van der Waals surface area contributed by atoms with Crippen LogP contribution in [0.5, 0.6) is 5.75 Å². The maximum Gasteiger partial charge on any atom is 0.407 e. The summed E-state index contributed by atoms with van der Waals surface area (Å²) in [6.45, 7) is 0.169. The van der Waals surface area contributed by atoms with Crippen LogP contribution in [0.25, 0.3) is 11.1 Å². The maximum atomic E-state index is 12.3. The van der Waals surface area contributed by atoms with Gasteiger partial charge in [0.05, 0.1) is 18.7 Å². The Kier molecular flexibility index (Phi) is 5.93. The number of aliphatic hydroxyl groups is 1. The van der Waals surface area contributed by atoms with Crippen LogP contribution >= 0.6 is 11.6 Å². The molecule has 3 aromatic carbocycles. The van der Waals surface area contributed by atoms with Crippen molar-refractivity contribution in [2.75, 3.05) is 20.3 Å². The third kappa shape index (κ3) is 3.86. The topological polar surface area (TPSA) is 67.8 Å². The fourth-order valence-corrected chi connectivity index (χ4v) is 4.24. The van der Waals surface area contributed by atoms with Crippen molar-refractivity contribution in [2.24, 2.45) is 0 Å². The standard InChI is InChI=1S/C24H22ClNO4/c1-29-22-12-6-11-20(25)23(22)21(27)13-26-24(28)30-14-19-17-9-4-2-7-15(17)16-8-3-5-10-18(16)19/h2-12,19,21,27H,13-14H2,1H3,(H,26,28). The molecule has 154 valence electrons. The molecule has 4 rings (SSSR count). The number of nitrogens with one attached hydrogen (secondary N) is 1. The normalized spacial score (nSPS) is 13.3. The average Bonchev–Trinajstić information content (AvgIpc) is 3.09. The van der Waals surface area contributed by atoms with Crippen LogP contribution in [-0.2, 0) is 4.74 Å². The number of carbonyl (C=O) groups is 1. The number of hydrogen-bond donors (Lipinski definition) is 2. The number of rotatable bonds is 6. The lowest BCUT2D eigenvalue weighted by molar-refractivity contribution is 0.128. The first kappa shape index (κ1) is 20.3. The first-order valence-electron chi connectivity index (χ1n) is 9.69. The van der Waals surface area contributed by atoms with Crippen molar-refractivity contribution in [1.29, 1.82) is 0 Å². The first-order valence-corrected chi connectivity index (χ1v) is 10.1. The van der Waals surface area contributed by atoms with Crippen molar-refractivity contribution in [3.8, 4) is 16.9 Å². The molecule has 3 aromatic rings. The number of fused-ring (bicyclic) bond motifs is 3. The second-order valence-corrected chi connectivity index (χ2v) is 7.49. The van der Waals surface area contributed by atoms with Gasteiger partial charge in [0.2, 0.25) is 0 Å². The fourth-order valence-electron chi connectivity index (χ4n) is 3.95. The predicted molar refractivity (Wildman–Crippen MR) is 116 cm³/mol. The summed E-state index contributed by atoms with van der Waals surface area (Å²) in [6.07, 6.45) is -1.61. The van der Waals surface area contributed by atoms with Crippen LogP contribution in [0.1, 0.15) is 28.7 Å². The van der Waals surface area contributed by atoms with E-state index in [1.807, 2.05) is 24.3 Å². The molecule has 0 saturated carbocycles. The minimum Gasteiger partial charge on any atom is -0.496 e. The summed E-state index contributed by atoms with van der Waals surface area (Å²) >= 11 is 6.18. The monoisotopic (exact) mass is 423 g/mol. The van der Waals surface area contributed by atoms with Gasteiger partial charge in [0.15, 0.2) is 0 Å². The molecular formula is C24H22ClNO4. The zero-order valence-electron chi connectivity index (χ0n) is 16.5. The molecule has 0 saturated heterocycles. The van der Waals surface area contributed by atoms with Crippen LogP contribution in [0.3, 0.4) is 0 Å². The second kappa shape index (κ2) is 8.78. The van der Waals surface area contributed by atoms with E-state index >= 15 is 0 Å². The van der Waals surface area contributed by atoms with Gasteiger partial charge in [-0.05, 0) is 34.4 Å². The largest absolute Gasteiger partial charge is 0.496 e. The Labute approximate surface area is 180 Å². The lowest BCUT2D eigenvalue weighted by Crippen LogP contribution is -2.30. The highest BCUT2D eigenvalue weighted by molar-refractivity contribution is 6.31. The molecule has 0 fully saturated rings. The van der Waals surface area contributed by atoms with Gasteiger partial charge in [-0.1, -0.05) is 66.2 Å². The molecule has 5 nitrogen and oxygen atoms in total. The minimum absolute atomic E-state index is 0.0169. The number of aliphatic hydroxyl groups excluding tert-OH is 1. The van der Waals surface area contributed by atoms with Crippen molar-refractivity contribution in [2.45, 2.75) is 12.0 Å². The Hall–Kier alpha value is -3.02. The van der Waals surface area contributed by atoms with Crippen LogP contribution in [0.2, 0.25) is 5.02 Å². The van der Waals surface area contributed by atoms with Crippen molar-refractivity contribution < 1.29 is 19.4 Å². The number of ether oxygens (including phenoxy) is 2. The van der Waals surface area contributed by atoms with Crippen LogP contribution < -0.4 is 10.1 Å². The zero-order valence-corrected chi connectivity index (χ0v) is 17.2. The SMILES string of the molecule is COc1cccc(Cl)c1C(O)CNC(=O)OCC1c2ccccc2-c2ccccc21. The Bertz CT molecular complexity index is 1020. The number of carbonyl (C=O) groups excluding carboxylic acids is 1. The lowest BCUT2D eigenvalue weighted by atomic mass is 9.98. The summed E-state index contributed by atoms with van der Waals surface area (Å²) in [6, 6.07) is 21.4. The average molecular weight is 424 g/mol. The molecule has 1 aliphatic rings. The van der Waals surface area contributed by atoms with Gasteiger partial charge in [-0.15, -0.1) is 0 Å². The van der Waals surface area contributed by atoms with Gasteiger partial charge in [0.25, 0.3) is 0 Å². The Morgan fingerprint density at radius 2 is 1.67 bits per heavy atom. The highest BCUT2D eigenvalue weighted by Crippen LogP contribution is 2.44. The summed E-state index contributed by atoms with van der Waals surface area (Å²) in [5.41, 5.74) is 5.06. The molecule has 0 spiro atoms. The molecular weight excluding hydrogens is 402 g/mol. The summed E-state index contributed by atoms with van der Waals surface area (Å²) in [5, 5.41) is 13.4. The predicted octanol–water partition coefficient (Wildman–Crippen LogP) is 4.92. The van der Waals surface area contributed by atoms with Crippen LogP contribution in [-0.4, -0.2) is 31.5 Å². The Morgan fingerprint density at radius 1 is 1.03 bits per heavy atom. The molecule has 30 heavy (non-hydrogen) atoms. The molecule has 0 radical (unpaired) electrons. The third-order valence-electron chi connectivity index (χ3n) is 5.35. The molecule has 1 unspecified atom stereocenters. The van der Waals surface area contributed by atoms with E-state index in [2.05, 4.69) is 29.6 Å². The quantitative estimate of drug-likeness (QED) is 0.590. The minimum atomic E-state index is -1.02. The van der Waals surface area contributed by atoms with Crippen molar-refractivity contribution in [3.63, 3.8) is 0 Å². The van der Waals surface area contributed by atoms with E-state index in [0.29, 0.717) is 16.3 Å². The van der Waals surface area contributed by atoms with E-state index < -0.39 is 12.2 Å². The summed E-state index contributed by atoms with van der Waals surface area (Å²) in [5.74, 6) is 0.445. The number of hydrogen-bond acceptors (Lipinski definition) is 4. The van der Waals surface area contributed by atoms with Gasteiger partial charge < -0.3 is 19.9 Å². The molecule has 1 amide bonds. The third-order valence-corrected chi connectivity index (χ3v) is 5.68. The van der Waals surface area contributed by atoms with Gasteiger partial charge in [-0.2, -0.15) is 0 Å². The van der Waals surface area contributed by atoms with E-state index in [-0.39, 0.29) is 19.1 Å². The van der Waals surface area contributed by atoms with Crippen LogP contribution in [0.15, 0.2) is 66.7 Å². The number of amides is 1. The molecule has 2 N–H and O–H groups in total. The van der Waals surface area contributed by atoms with E-state index in [4.69, 9.17) is 21.1 Å². The molecule has 0 aromatic heterocycles. The van der Waals surface area contributed by atoms with Crippen molar-refractivity contribution >= 4 is 17.7 Å². The highest BCUT2D eigenvalue weighted by atomic mass is 35.5. The highest BCUT2D eigenvalue weighted by Gasteiger charge is 2.29. The molecule has 1 aliphatic carbocycles. The van der Waals surface area contributed by atoms with E-state index in [1.54, 1.807) is 18.2 Å². The Morgan fingerprint density at radius 3 is 2.30 bits per heavy atom. The van der Waals surface area contributed by atoms with Gasteiger partial charge in [-0.3, -0.25) is 0 Å². The molecule has 0 aliphatic heterocycles. The van der Waals surface area contributed by atoms with Crippen molar-refractivity contribution in [3.05, 3.63) is 88.4 Å². The summed E-state index contributed by atoms with van der Waals surface area (Å²) in [4.78, 5) is 12.3. The summed E-state index contributed by atoms with van der Waals surface area (Å²) < 4.78 is 10.7. The molecule has 0 bridgehead atoms. The van der Waals surface area contributed by atoms with Gasteiger partial charge in [-0.25, -0.2) is 4.79 Å². The van der Waals surface area contributed by atoms with Gasteiger partial charge in [0.1, 0.15) is 18.5 Å². The smallest absolute Gasteiger partial charge is 0.407 e. The lowest BCUT2D eigenvalue weighted by Gasteiger charge is -2.18. The maximum absolute atomic E-state index is 12.3. The zero-order chi connectivity index (χ0) is 21.1.